The summed E-state index contributed by atoms with van der Waals surface area (Å²) in [5.41, 5.74) is 0.845. The molecule has 1 aromatic carbocycles. The number of rotatable bonds is 11. The second-order valence-electron chi connectivity index (χ2n) is 6.20. The van der Waals surface area contributed by atoms with Crippen molar-refractivity contribution in [2.24, 2.45) is 4.99 Å². The Balaban J connectivity index is 1.81. The summed E-state index contributed by atoms with van der Waals surface area (Å²) in [6.07, 6.45) is 4.80. The average molecular weight is 388 g/mol. The van der Waals surface area contributed by atoms with Crippen LogP contribution in [0.2, 0.25) is 0 Å². The van der Waals surface area contributed by atoms with E-state index in [4.69, 9.17) is 9.47 Å². The number of hydrogen-bond donors (Lipinski definition) is 2. The molecule has 0 atom stereocenters. The number of halogens is 1. The lowest BCUT2D eigenvalue weighted by molar-refractivity contribution is 0.129. The van der Waals surface area contributed by atoms with Gasteiger partial charge in [0, 0.05) is 51.2 Å². The van der Waals surface area contributed by atoms with Crippen molar-refractivity contribution in [1.29, 1.82) is 0 Å². The Morgan fingerprint density at radius 2 is 2.00 bits per heavy atom. The first-order valence-corrected chi connectivity index (χ1v) is 9.62. The normalized spacial score (nSPS) is 11.3. The van der Waals surface area contributed by atoms with E-state index in [0.29, 0.717) is 24.1 Å². The third kappa shape index (κ3) is 7.92. The van der Waals surface area contributed by atoms with Gasteiger partial charge in [0.1, 0.15) is 11.6 Å². The van der Waals surface area contributed by atoms with Crippen LogP contribution < -0.4 is 15.4 Å². The quantitative estimate of drug-likeness (QED) is 0.347. The van der Waals surface area contributed by atoms with E-state index in [1.54, 1.807) is 25.4 Å². The molecule has 0 aliphatic rings. The van der Waals surface area contributed by atoms with Crippen LogP contribution in [0.5, 0.6) is 11.6 Å². The minimum atomic E-state index is -0.351. The molecule has 0 unspecified atom stereocenters. The van der Waals surface area contributed by atoms with Crippen LogP contribution in [0.4, 0.5) is 4.39 Å². The first-order chi connectivity index (χ1) is 13.7. The van der Waals surface area contributed by atoms with Crippen molar-refractivity contribution in [3.05, 3.63) is 54.0 Å². The molecular weight excluding hydrogens is 359 g/mol. The van der Waals surface area contributed by atoms with Gasteiger partial charge in [-0.05, 0) is 31.0 Å². The van der Waals surface area contributed by atoms with Gasteiger partial charge in [-0.25, -0.2) is 9.37 Å². The first-order valence-electron chi connectivity index (χ1n) is 9.62. The van der Waals surface area contributed by atoms with Gasteiger partial charge in [0.25, 0.3) is 0 Å². The maximum Gasteiger partial charge on any atom is 0.224 e. The Morgan fingerprint density at radius 1 is 1.14 bits per heavy atom. The fourth-order valence-corrected chi connectivity index (χ4v) is 2.42. The molecule has 0 spiro atoms. The third-order valence-electron chi connectivity index (χ3n) is 3.93. The van der Waals surface area contributed by atoms with Crippen LogP contribution >= 0.6 is 0 Å². The van der Waals surface area contributed by atoms with Crippen molar-refractivity contribution in [2.45, 2.75) is 32.7 Å². The summed E-state index contributed by atoms with van der Waals surface area (Å²) < 4.78 is 24.6. The summed E-state index contributed by atoms with van der Waals surface area (Å²) in [6, 6.07) is 9.73. The molecule has 2 rings (SSSR count). The summed E-state index contributed by atoms with van der Waals surface area (Å²) in [7, 11) is 1.72. The lowest BCUT2D eigenvalue weighted by atomic mass is 10.2. The van der Waals surface area contributed by atoms with Crippen molar-refractivity contribution in [3.63, 3.8) is 0 Å². The number of pyridine rings is 1. The molecular formula is C21H29FN4O2. The number of unbranched alkanes of at least 4 members (excludes halogenated alkanes) is 1. The molecule has 1 aromatic heterocycles. The lowest BCUT2D eigenvalue weighted by Crippen LogP contribution is -2.37. The van der Waals surface area contributed by atoms with Crippen molar-refractivity contribution in [2.75, 3.05) is 26.8 Å². The van der Waals surface area contributed by atoms with Gasteiger partial charge in [-0.2, -0.15) is 0 Å². The summed E-state index contributed by atoms with van der Waals surface area (Å²) in [4.78, 5) is 8.48. The van der Waals surface area contributed by atoms with E-state index in [1.807, 2.05) is 12.1 Å². The van der Waals surface area contributed by atoms with Gasteiger partial charge in [0.2, 0.25) is 5.88 Å². The fraction of sp³-hybridized carbons (Fsp3) is 0.429. The zero-order chi connectivity index (χ0) is 20.0. The third-order valence-corrected chi connectivity index (χ3v) is 3.93. The largest absolute Gasteiger partial charge is 0.439 e. The van der Waals surface area contributed by atoms with Gasteiger partial charge in [0.05, 0.1) is 0 Å². The number of aromatic nitrogens is 1. The van der Waals surface area contributed by atoms with Gasteiger partial charge >= 0.3 is 0 Å². The Kier molecular flexibility index (Phi) is 9.79. The summed E-state index contributed by atoms with van der Waals surface area (Å²) in [5, 5.41) is 6.49. The molecule has 0 saturated carbocycles. The SMILES string of the molecule is CCCCOCCCNC(=NC)NCc1cccnc1Oc1cccc(F)c1. The molecule has 0 saturated heterocycles. The zero-order valence-electron chi connectivity index (χ0n) is 16.6. The van der Waals surface area contributed by atoms with Gasteiger partial charge in [-0.1, -0.05) is 25.5 Å². The van der Waals surface area contributed by atoms with Crippen LogP contribution in [0.15, 0.2) is 47.6 Å². The highest BCUT2D eigenvalue weighted by atomic mass is 19.1. The number of guanidine groups is 1. The Hall–Kier alpha value is -2.67. The number of aliphatic imine (C=N–C) groups is 1. The number of benzene rings is 1. The van der Waals surface area contributed by atoms with E-state index in [-0.39, 0.29) is 5.82 Å². The molecule has 0 radical (unpaired) electrons. The molecule has 0 fully saturated rings. The molecule has 0 aliphatic carbocycles. The van der Waals surface area contributed by atoms with Gasteiger partial charge in [0.15, 0.2) is 5.96 Å². The van der Waals surface area contributed by atoms with Crippen LogP contribution in [0.1, 0.15) is 31.7 Å². The molecule has 28 heavy (non-hydrogen) atoms. The number of nitrogens with zero attached hydrogens (tertiary/aromatic N) is 2. The second-order valence-corrected chi connectivity index (χ2v) is 6.20. The molecule has 2 aromatic rings. The molecule has 1 heterocycles. The monoisotopic (exact) mass is 388 g/mol. The fourth-order valence-electron chi connectivity index (χ4n) is 2.42. The lowest BCUT2D eigenvalue weighted by Gasteiger charge is -2.14. The number of hydrogen-bond acceptors (Lipinski definition) is 4. The molecule has 6 nitrogen and oxygen atoms in total. The topological polar surface area (TPSA) is 67.8 Å². The number of nitrogens with one attached hydrogen (secondary N) is 2. The minimum absolute atomic E-state index is 0.351. The molecule has 0 aliphatic heterocycles. The van der Waals surface area contributed by atoms with Crippen LogP contribution in [0.25, 0.3) is 0 Å². The van der Waals surface area contributed by atoms with Gasteiger partial charge < -0.3 is 20.1 Å². The van der Waals surface area contributed by atoms with E-state index < -0.39 is 0 Å². The van der Waals surface area contributed by atoms with E-state index in [2.05, 4.69) is 27.5 Å². The van der Waals surface area contributed by atoms with Crippen LogP contribution in [-0.4, -0.2) is 37.7 Å². The first kappa shape index (κ1) is 21.6. The highest BCUT2D eigenvalue weighted by Gasteiger charge is 2.08. The predicted molar refractivity (Wildman–Crippen MR) is 109 cm³/mol. The Labute approximate surface area is 166 Å². The van der Waals surface area contributed by atoms with E-state index in [0.717, 1.165) is 44.6 Å². The smallest absolute Gasteiger partial charge is 0.224 e. The molecule has 0 bridgehead atoms. The molecule has 152 valence electrons. The van der Waals surface area contributed by atoms with Gasteiger partial charge in [-0.3, -0.25) is 4.99 Å². The van der Waals surface area contributed by atoms with Gasteiger partial charge in [-0.15, -0.1) is 0 Å². The summed E-state index contributed by atoms with van der Waals surface area (Å²) >= 11 is 0. The zero-order valence-corrected chi connectivity index (χ0v) is 16.6. The second kappa shape index (κ2) is 12.7. The summed E-state index contributed by atoms with van der Waals surface area (Å²) in [5.74, 6) is 1.18. The standard InChI is InChI=1S/C21H29FN4O2/c1-3-4-13-27-14-7-12-25-21(23-2)26-16-17-8-6-11-24-20(17)28-19-10-5-9-18(22)15-19/h5-6,8-11,15H,3-4,7,12-14,16H2,1-2H3,(H2,23,25,26). The molecule has 2 N–H and O–H groups in total. The van der Waals surface area contributed by atoms with Crippen LogP contribution in [0.3, 0.4) is 0 Å². The molecule has 7 heteroatoms. The summed E-state index contributed by atoms with van der Waals surface area (Å²) in [6.45, 7) is 4.95. The predicted octanol–water partition coefficient (Wildman–Crippen LogP) is 3.88. The van der Waals surface area contributed by atoms with Crippen molar-refractivity contribution >= 4 is 5.96 Å². The number of ether oxygens (including phenoxy) is 2. The maximum absolute atomic E-state index is 13.4. The minimum Gasteiger partial charge on any atom is -0.439 e. The maximum atomic E-state index is 13.4. The van der Waals surface area contributed by atoms with Crippen LogP contribution in [-0.2, 0) is 11.3 Å². The van der Waals surface area contributed by atoms with Crippen molar-refractivity contribution < 1.29 is 13.9 Å². The highest BCUT2D eigenvalue weighted by Crippen LogP contribution is 2.23. The molecule has 0 amide bonds. The van der Waals surface area contributed by atoms with Crippen LogP contribution in [0, 0.1) is 5.82 Å². The Morgan fingerprint density at radius 3 is 2.79 bits per heavy atom. The average Bonchev–Trinajstić information content (AvgIpc) is 2.70. The van der Waals surface area contributed by atoms with Crippen molar-refractivity contribution in [3.8, 4) is 11.6 Å². The highest BCUT2D eigenvalue weighted by molar-refractivity contribution is 5.79. The van der Waals surface area contributed by atoms with E-state index in [9.17, 15) is 4.39 Å². The van der Waals surface area contributed by atoms with E-state index in [1.165, 1.54) is 12.1 Å². The van der Waals surface area contributed by atoms with Crippen molar-refractivity contribution in [1.82, 2.24) is 15.6 Å². The van der Waals surface area contributed by atoms with E-state index >= 15 is 0 Å². The Bertz CT molecular complexity index is 740.